The van der Waals surface area contributed by atoms with Crippen molar-refractivity contribution in [1.29, 1.82) is 0 Å². The SMILES string of the molecule is O=C(NCC(F)F)c1cc(Cl)cc(Br)c1. The quantitative estimate of drug-likeness (QED) is 0.913. The van der Waals surface area contributed by atoms with Crippen LogP contribution in [0.3, 0.4) is 0 Å². The van der Waals surface area contributed by atoms with Gasteiger partial charge in [0.2, 0.25) is 0 Å². The van der Waals surface area contributed by atoms with Crippen LogP contribution in [0.15, 0.2) is 22.7 Å². The van der Waals surface area contributed by atoms with E-state index in [0.29, 0.717) is 9.50 Å². The Morgan fingerprint density at radius 1 is 1.47 bits per heavy atom. The van der Waals surface area contributed by atoms with Gasteiger partial charge < -0.3 is 5.32 Å². The first-order valence-corrected chi connectivity index (χ1v) is 5.18. The summed E-state index contributed by atoms with van der Waals surface area (Å²) in [6, 6.07) is 4.52. The number of rotatable bonds is 3. The molecule has 0 unspecified atom stereocenters. The molecule has 0 bridgehead atoms. The van der Waals surface area contributed by atoms with Crippen LogP contribution in [-0.2, 0) is 0 Å². The van der Waals surface area contributed by atoms with Gasteiger partial charge in [0.25, 0.3) is 12.3 Å². The zero-order valence-electron chi connectivity index (χ0n) is 7.44. The zero-order valence-corrected chi connectivity index (χ0v) is 9.78. The molecule has 1 N–H and O–H groups in total. The molecule has 0 aliphatic heterocycles. The number of nitrogens with one attached hydrogen (secondary N) is 1. The number of halogens is 4. The molecule has 2 nitrogen and oxygen atoms in total. The van der Waals surface area contributed by atoms with E-state index in [1.807, 2.05) is 0 Å². The summed E-state index contributed by atoms with van der Waals surface area (Å²) in [5.74, 6) is -0.571. The van der Waals surface area contributed by atoms with Crippen molar-refractivity contribution >= 4 is 33.4 Å². The molecule has 1 rings (SSSR count). The molecule has 0 aliphatic rings. The molecular formula is C9H7BrClF2NO. The number of hydrogen-bond acceptors (Lipinski definition) is 1. The third-order valence-corrected chi connectivity index (χ3v) is 2.22. The lowest BCUT2D eigenvalue weighted by atomic mass is 10.2. The van der Waals surface area contributed by atoms with Gasteiger partial charge in [0, 0.05) is 15.1 Å². The molecule has 0 aliphatic carbocycles. The van der Waals surface area contributed by atoms with Gasteiger partial charge >= 0.3 is 0 Å². The molecule has 0 aromatic heterocycles. The Morgan fingerprint density at radius 3 is 2.67 bits per heavy atom. The Bertz CT molecular complexity index is 353. The lowest BCUT2D eigenvalue weighted by Gasteiger charge is -2.05. The molecule has 0 radical (unpaired) electrons. The van der Waals surface area contributed by atoms with Crippen LogP contribution in [0, 0.1) is 0 Å². The summed E-state index contributed by atoms with van der Waals surface area (Å²) in [5.41, 5.74) is 0.245. The molecule has 1 aromatic carbocycles. The van der Waals surface area contributed by atoms with Crippen molar-refractivity contribution in [1.82, 2.24) is 5.32 Å². The first kappa shape index (κ1) is 12.4. The molecule has 0 saturated heterocycles. The highest BCUT2D eigenvalue weighted by Crippen LogP contribution is 2.19. The molecule has 82 valence electrons. The van der Waals surface area contributed by atoms with E-state index in [1.165, 1.54) is 12.1 Å². The third kappa shape index (κ3) is 4.13. The second-order valence-electron chi connectivity index (χ2n) is 2.76. The third-order valence-electron chi connectivity index (χ3n) is 1.54. The van der Waals surface area contributed by atoms with Gasteiger partial charge in [-0.25, -0.2) is 8.78 Å². The number of benzene rings is 1. The monoisotopic (exact) mass is 297 g/mol. The average Bonchev–Trinajstić information content (AvgIpc) is 2.12. The van der Waals surface area contributed by atoms with Crippen LogP contribution in [0.1, 0.15) is 10.4 Å². The summed E-state index contributed by atoms with van der Waals surface area (Å²) in [7, 11) is 0. The average molecular weight is 299 g/mol. The zero-order chi connectivity index (χ0) is 11.4. The molecule has 0 heterocycles. The Hall–Kier alpha value is -0.680. The highest BCUT2D eigenvalue weighted by atomic mass is 79.9. The van der Waals surface area contributed by atoms with E-state index >= 15 is 0 Å². The van der Waals surface area contributed by atoms with Crippen LogP contribution >= 0.6 is 27.5 Å². The molecule has 15 heavy (non-hydrogen) atoms. The number of amides is 1. The fourth-order valence-corrected chi connectivity index (χ4v) is 1.82. The fourth-order valence-electron chi connectivity index (χ4n) is 0.957. The number of carbonyl (C=O) groups is 1. The highest BCUT2D eigenvalue weighted by molar-refractivity contribution is 9.10. The van der Waals surface area contributed by atoms with E-state index in [-0.39, 0.29) is 5.56 Å². The van der Waals surface area contributed by atoms with Crippen LogP contribution in [0.5, 0.6) is 0 Å². The van der Waals surface area contributed by atoms with E-state index < -0.39 is 18.9 Å². The van der Waals surface area contributed by atoms with Crippen LogP contribution in [0.25, 0.3) is 0 Å². The molecule has 1 aromatic rings. The highest BCUT2D eigenvalue weighted by Gasteiger charge is 2.09. The summed E-state index contributed by atoms with van der Waals surface area (Å²) < 4.78 is 24.3. The van der Waals surface area contributed by atoms with E-state index in [9.17, 15) is 13.6 Å². The normalized spacial score (nSPS) is 10.5. The van der Waals surface area contributed by atoms with Crippen molar-refractivity contribution in [2.45, 2.75) is 6.43 Å². The van der Waals surface area contributed by atoms with Crippen LogP contribution < -0.4 is 5.32 Å². The summed E-state index contributed by atoms with van der Waals surface area (Å²) in [6.45, 7) is -0.664. The maximum atomic E-state index is 11.8. The van der Waals surface area contributed by atoms with Gasteiger partial charge in [-0.2, -0.15) is 0 Å². The molecular weight excluding hydrogens is 291 g/mol. The topological polar surface area (TPSA) is 29.1 Å². The van der Waals surface area contributed by atoms with Gasteiger partial charge in [-0.1, -0.05) is 27.5 Å². The van der Waals surface area contributed by atoms with Crippen molar-refractivity contribution in [3.05, 3.63) is 33.3 Å². The first-order valence-electron chi connectivity index (χ1n) is 4.01. The van der Waals surface area contributed by atoms with Crippen molar-refractivity contribution in [2.75, 3.05) is 6.54 Å². The lowest BCUT2D eigenvalue weighted by Crippen LogP contribution is -2.28. The van der Waals surface area contributed by atoms with Crippen LogP contribution in [0.4, 0.5) is 8.78 Å². The largest absolute Gasteiger partial charge is 0.346 e. The Kier molecular flexibility index (Phi) is 4.47. The van der Waals surface area contributed by atoms with E-state index in [0.717, 1.165) is 0 Å². The maximum Gasteiger partial charge on any atom is 0.255 e. The second-order valence-corrected chi connectivity index (χ2v) is 4.11. The van der Waals surface area contributed by atoms with Gasteiger partial charge in [0.1, 0.15) is 0 Å². The number of carbonyl (C=O) groups excluding carboxylic acids is 1. The van der Waals surface area contributed by atoms with Crippen molar-refractivity contribution in [2.24, 2.45) is 0 Å². The molecule has 0 saturated carbocycles. The number of alkyl halides is 2. The Morgan fingerprint density at radius 2 is 2.13 bits per heavy atom. The molecule has 1 amide bonds. The summed E-state index contributed by atoms with van der Waals surface area (Å²) >= 11 is 8.85. The van der Waals surface area contributed by atoms with Crippen molar-refractivity contribution in [3.8, 4) is 0 Å². The summed E-state index contributed by atoms with van der Waals surface area (Å²) in [5, 5.41) is 2.45. The molecule has 0 fully saturated rings. The molecule has 0 spiro atoms. The Labute approximate surface area is 98.7 Å². The predicted octanol–water partition coefficient (Wildman–Crippen LogP) is 3.10. The molecule has 0 atom stereocenters. The summed E-state index contributed by atoms with van der Waals surface area (Å²) in [4.78, 5) is 11.3. The van der Waals surface area contributed by atoms with Gasteiger partial charge in [-0.05, 0) is 18.2 Å². The smallest absolute Gasteiger partial charge is 0.255 e. The molecule has 6 heteroatoms. The minimum atomic E-state index is -2.56. The van der Waals surface area contributed by atoms with Gasteiger partial charge in [0.05, 0.1) is 6.54 Å². The maximum absolute atomic E-state index is 11.8. The van der Waals surface area contributed by atoms with E-state index in [4.69, 9.17) is 11.6 Å². The first-order chi connectivity index (χ1) is 6.99. The minimum absolute atomic E-state index is 0.245. The minimum Gasteiger partial charge on any atom is -0.346 e. The lowest BCUT2D eigenvalue weighted by molar-refractivity contribution is 0.0891. The Balaban J connectivity index is 2.73. The summed E-state index contributed by atoms with van der Waals surface area (Å²) in [6.07, 6.45) is -2.56. The standard InChI is InChI=1S/C9H7BrClF2NO/c10-6-1-5(2-7(11)3-6)9(15)14-4-8(12)13/h1-3,8H,4H2,(H,14,15). The van der Waals surface area contributed by atoms with E-state index in [1.54, 1.807) is 6.07 Å². The fraction of sp³-hybridized carbons (Fsp3) is 0.222. The van der Waals surface area contributed by atoms with Crippen LogP contribution in [0.2, 0.25) is 5.02 Å². The van der Waals surface area contributed by atoms with E-state index in [2.05, 4.69) is 21.2 Å². The van der Waals surface area contributed by atoms with Crippen molar-refractivity contribution in [3.63, 3.8) is 0 Å². The predicted molar refractivity (Wildman–Crippen MR) is 57.5 cm³/mol. The second kappa shape index (κ2) is 5.42. The van der Waals surface area contributed by atoms with Gasteiger partial charge in [-0.3, -0.25) is 4.79 Å². The van der Waals surface area contributed by atoms with Gasteiger partial charge in [-0.15, -0.1) is 0 Å². The van der Waals surface area contributed by atoms with Gasteiger partial charge in [0.15, 0.2) is 0 Å². The van der Waals surface area contributed by atoms with Crippen LogP contribution in [-0.4, -0.2) is 18.9 Å². The number of hydrogen-bond donors (Lipinski definition) is 1. The van der Waals surface area contributed by atoms with Crippen molar-refractivity contribution < 1.29 is 13.6 Å².